The van der Waals surface area contributed by atoms with E-state index in [0.717, 1.165) is 18.3 Å². The van der Waals surface area contributed by atoms with Gasteiger partial charge in [-0.05, 0) is 24.3 Å². The smallest absolute Gasteiger partial charge is 0.307 e. The first kappa shape index (κ1) is 14.3. The van der Waals surface area contributed by atoms with Gasteiger partial charge < -0.3 is 5.32 Å². The first-order valence-electron chi connectivity index (χ1n) is 5.47. The van der Waals surface area contributed by atoms with Crippen molar-refractivity contribution in [2.24, 2.45) is 0 Å². The van der Waals surface area contributed by atoms with E-state index >= 15 is 0 Å². The summed E-state index contributed by atoms with van der Waals surface area (Å²) in [6.45, 7) is 0. The average molecular weight is 301 g/mol. The standard InChI is InChI=1S/C13H8ClF3N2O/c14-10-4-2-1-3-9(10)12(20)19-11-7-8(5-6-18-11)13(15,16)17/h1-7H,(H,18,19,20). The van der Waals surface area contributed by atoms with Gasteiger partial charge in [-0.25, -0.2) is 4.98 Å². The molecule has 1 aromatic heterocycles. The Morgan fingerprint density at radius 3 is 2.55 bits per heavy atom. The third-order valence-corrected chi connectivity index (χ3v) is 2.78. The van der Waals surface area contributed by atoms with Crippen LogP contribution < -0.4 is 5.32 Å². The number of nitrogens with one attached hydrogen (secondary N) is 1. The van der Waals surface area contributed by atoms with Gasteiger partial charge in [0.2, 0.25) is 0 Å². The Kier molecular flexibility index (Phi) is 3.94. The predicted octanol–water partition coefficient (Wildman–Crippen LogP) is 4.01. The number of hydrogen-bond donors (Lipinski definition) is 1. The molecule has 0 bridgehead atoms. The number of benzene rings is 1. The van der Waals surface area contributed by atoms with E-state index in [1.165, 1.54) is 12.1 Å². The highest BCUT2D eigenvalue weighted by atomic mass is 35.5. The lowest BCUT2D eigenvalue weighted by molar-refractivity contribution is -0.137. The first-order valence-corrected chi connectivity index (χ1v) is 5.85. The first-order chi connectivity index (χ1) is 9.38. The quantitative estimate of drug-likeness (QED) is 0.910. The number of alkyl halides is 3. The van der Waals surface area contributed by atoms with E-state index in [9.17, 15) is 18.0 Å². The van der Waals surface area contributed by atoms with Crippen LogP contribution in [-0.2, 0) is 6.18 Å². The monoisotopic (exact) mass is 300 g/mol. The second kappa shape index (κ2) is 5.50. The zero-order valence-corrected chi connectivity index (χ0v) is 10.7. The van der Waals surface area contributed by atoms with Crippen LogP contribution in [0.2, 0.25) is 5.02 Å². The van der Waals surface area contributed by atoms with Gasteiger partial charge in [0.1, 0.15) is 5.82 Å². The van der Waals surface area contributed by atoms with E-state index < -0.39 is 17.6 Å². The summed E-state index contributed by atoms with van der Waals surface area (Å²) in [4.78, 5) is 15.6. The van der Waals surface area contributed by atoms with E-state index in [2.05, 4.69) is 10.3 Å². The van der Waals surface area contributed by atoms with Crippen molar-refractivity contribution in [3.05, 3.63) is 58.7 Å². The van der Waals surface area contributed by atoms with E-state index in [-0.39, 0.29) is 16.4 Å². The van der Waals surface area contributed by atoms with Crippen LogP contribution in [0.15, 0.2) is 42.6 Å². The van der Waals surface area contributed by atoms with E-state index in [0.29, 0.717) is 0 Å². The number of halogens is 4. The van der Waals surface area contributed by atoms with Crippen LogP contribution in [0.5, 0.6) is 0 Å². The van der Waals surface area contributed by atoms with Gasteiger partial charge in [-0.2, -0.15) is 13.2 Å². The van der Waals surface area contributed by atoms with Crippen molar-refractivity contribution in [1.29, 1.82) is 0 Å². The largest absolute Gasteiger partial charge is 0.416 e. The number of carbonyl (C=O) groups is 1. The van der Waals surface area contributed by atoms with Crippen LogP contribution >= 0.6 is 11.6 Å². The molecule has 0 saturated carbocycles. The molecule has 1 amide bonds. The van der Waals surface area contributed by atoms with Crippen molar-refractivity contribution in [3.63, 3.8) is 0 Å². The third kappa shape index (κ3) is 3.27. The molecular formula is C13H8ClF3N2O. The summed E-state index contributed by atoms with van der Waals surface area (Å²) >= 11 is 5.83. The van der Waals surface area contributed by atoms with Gasteiger partial charge in [0.15, 0.2) is 0 Å². The average Bonchev–Trinajstić information content (AvgIpc) is 2.38. The molecule has 2 rings (SSSR count). The minimum absolute atomic E-state index is 0.161. The maximum atomic E-state index is 12.5. The lowest BCUT2D eigenvalue weighted by Gasteiger charge is -2.09. The minimum atomic E-state index is -4.49. The zero-order chi connectivity index (χ0) is 14.8. The Morgan fingerprint density at radius 2 is 1.90 bits per heavy atom. The predicted molar refractivity (Wildman–Crippen MR) is 68.6 cm³/mol. The van der Waals surface area contributed by atoms with E-state index in [1.807, 2.05) is 0 Å². The fourth-order valence-electron chi connectivity index (χ4n) is 1.50. The van der Waals surface area contributed by atoms with Gasteiger partial charge in [0, 0.05) is 6.20 Å². The number of anilines is 1. The number of hydrogen-bond acceptors (Lipinski definition) is 2. The van der Waals surface area contributed by atoms with Crippen LogP contribution in [0.1, 0.15) is 15.9 Å². The van der Waals surface area contributed by atoms with Crippen LogP contribution in [0.4, 0.5) is 19.0 Å². The fourth-order valence-corrected chi connectivity index (χ4v) is 1.73. The van der Waals surface area contributed by atoms with Crippen LogP contribution in [0.3, 0.4) is 0 Å². The van der Waals surface area contributed by atoms with Crippen molar-refractivity contribution in [2.75, 3.05) is 5.32 Å². The molecule has 1 N–H and O–H groups in total. The number of pyridine rings is 1. The second-order valence-corrected chi connectivity index (χ2v) is 4.27. The molecule has 0 radical (unpaired) electrons. The molecule has 1 heterocycles. The van der Waals surface area contributed by atoms with Crippen LogP contribution in [0.25, 0.3) is 0 Å². The molecule has 1 aromatic carbocycles. The summed E-state index contributed by atoms with van der Waals surface area (Å²) in [6, 6.07) is 7.79. The summed E-state index contributed by atoms with van der Waals surface area (Å²) < 4.78 is 37.6. The van der Waals surface area contributed by atoms with Gasteiger partial charge in [0.25, 0.3) is 5.91 Å². The van der Waals surface area contributed by atoms with Crippen molar-refractivity contribution in [1.82, 2.24) is 4.98 Å². The number of nitrogens with zero attached hydrogens (tertiary/aromatic N) is 1. The van der Waals surface area contributed by atoms with E-state index in [1.54, 1.807) is 12.1 Å². The molecule has 0 aliphatic rings. The van der Waals surface area contributed by atoms with Gasteiger partial charge in [-0.15, -0.1) is 0 Å². The molecule has 0 aliphatic carbocycles. The van der Waals surface area contributed by atoms with Gasteiger partial charge in [-0.3, -0.25) is 4.79 Å². The maximum Gasteiger partial charge on any atom is 0.416 e. The Hall–Kier alpha value is -2.08. The topological polar surface area (TPSA) is 42.0 Å². The van der Waals surface area contributed by atoms with Crippen LogP contribution in [-0.4, -0.2) is 10.9 Å². The lowest BCUT2D eigenvalue weighted by atomic mass is 10.2. The molecule has 2 aromatic rings. The Balaban J connectivity index is 2.23. The highest BCUT2D eigenvalue weighted by Crippen LogP contribution is 2.30. The minimum Gasteiger partial charge on any atom is -0.307 e. The highest BCUT2D eigenvalue weighted by molar-refractivity contribution is 6.34. The zero-order valence-electron chi connectivity index (χ0n) is 9.91. The Labute approximate surface area is 117 Å². The molecule has 0 unspecified atom stereocenters. The fraction of sp³-hybridized carbons (Fsp3) is 0.0769. The molecule has 104 valence electrons. The summed E-state index contributed by atoms with van der Waals surface area (Å²) in [5.41, 5.74) is -0.727. The second-order valence-electron chi connectivity index (χ2n) is 3.86. The molecule has 0 saturated heterocycles. The molecule has 3 nitrogen and oxygen atoms in total. The number of rotatable bonds is 2. The number of aromatic nitrogens is 1. The van der Waals surface area contributed by atoms with Gasteiger partial charge in [-0.1, -0.05) is 23.7 Å². The van der Waals surface area contributed by atoms with Crippen LogP contribution in [0, 0.1) is 0 Å². The normalized spacial score (nSPS) is 11.2. The lowest BCUT2D eigenvalue weighted by Crippen LogP contribution is -2.14. The Bertz CT molecular complexity index is 644. The molecular weight excluding hydrogens is 293 g/mol. The van der Waals surface area contributed by atoms with Crippen molar-refractivity contribution in [2.45, 2.75) is 6.18 Å². The van der Waals surface area contributed by atoms with Crippen molar-refractivity contribution < 1.29 is 18.0 Å². The molecule has 0 spiro atoms. The summed E-state index contributed by atoms with van der Waals surface area (Å²) in [5, 5.41) is 2.48. The van der Waals surface area contributed by atoms with Gasteiger partial charge >= 0.3 is 6.18 Å². The highest BCUT2D eigenvalue weighted by Gasteiger charge is 2.30. The maximum absolute atomic E-state index is 12.5. The summed E-state index contributed by atoms with van der Waals surface area (Å²) in [6.07, 6.45) is -3.52. The Morgan fingerprint density at radius 1 is 1.20 bits per heavy atom. The van der Waals surface area contributed by atoms with Crippen molar-refractivity contribution >= 4 is 23.3 Å². The van der Waals surface area contributed by atoms with E-state index in [4.69, 9.17) is 11.6 Å². The summed E-state index contributed by atoms with van der Waals surface area (Å²) in [5.74, 6) is -0.813. The van der Waals surface area contributed by atoms with Crippen molar-refractivity contribution in [3.8, 4) is 0 Å². The molecule has 0 atom stereocenters. The molecule has 20 heavy (non-hydrogen) atoms. The number of amides is 1. The van der Waals surface area contributed by atoms with Gasteiger partial charge in [0.05, 0.1) is 16.1 Å². The molecule has 7 heteroatoms. The molecule has 0 aliphatic heterocycles. The number of carbonyl (C=O) groups excluding carboxylic acids is 1. The SMILES string of the molecule is O=C(Nc1cc(C(F)(F)F)ccn1)c1ccccc1Cl. The molecule has 0 fully saturated rings. The third-order valence-electron chi connectivity index (χ3n) is 2.45. The summed E-state index contributed by atoms with van der Waals surface area (Å²) in [7, 11) is 0.